The number of rotatable bonds is 7. The number of halogens is 1. The molecule has 0 spiro atoms. The minimum atomic E-state index is -0.374. The van der Waals surface area contributed by atoms with Crippen molar-refractivity contribution in [2.75, 3.05) is 18.1 Å². The maximum atomic E-state index is 12.6. The fourth-order valence-electron chi connectivity index (χ4n) is 3.00. The Morgan fingerprint density at radius 3 is 2.93 bits per heavy atom. The summed E-state index contributed by atoms with van der Waals surface area (Å²) in [6.07, 6.45) is 2.76. The Hall–Kier alpha value is -2.41. The molecule has 0 radical (unpaired) electrons. The van der Waals surface area contributed by atoms with E-state index in [-0.39, 0.29) is 24.2 Å². The van der Waals surface area contributed by atoms with Crippen molar-refractivity contribution in [3.63, 3.8) is 0 Å². The molecule has 27 heavy (non-hydrogen) atoms. The van der Waals surface area contributed by atoms with Gasteiger partial charge < -0.3 is 15.0 Å². The van der Waals surface area contributed by atoms with Crippen molar-refractivity contribution >= 4 is 33.4 Å². The average Bonchev–Trinajstić information content (AvgIpc) is 3.07. The quantitative estimate of drug-likeness (QED) is 0.729. The zero-order chi connectivity index (χ0) is 19.2. The number of aromatic nitrogens is 1. The van der Waals surface area contributed by atoms with Crippen molar-refractivity contribution in [1.29, 1.82) is 0 Å². The number of benzene rings is 1. The molecule has 1 N–H and O–H groups in total. The van der Waals surface area contributed by atoms with Gasteiger partial charge in [-0.15, -0.1) is 0 Å². The van der Waals surface area contributed by atoms with Gasteiger partial charge >= 0.3 is 0 Å². The summed E-state index contributed by atoms with van der Waals surface area (Å²) in [6, 6.07) is 11.2. The topological polar surface area (TPSA) is 71.5 Å². The van der Waals surface area contributed by atoms with Crippen LogP contribution >= 0.6 is 15.9 Å². The molecule has 1 saturated heterocycles. The van der Waals surface area contributed by atoms with Crippen LogP contribution in [0.25, 0.3) is 0 Å². The third kappa shape index (κ3) is 4.66. The Bertz CT molecular complexity index is 828. The molecule has 1 fully saturated rings. The molecule has 2 amide bonds. The second-order valence-electron chi connectivity index (χ2n) is 6.39. The van der Waals surface area contributed by atoms with Gasteiger partial charge in [0.1, 0.15) is 0 Å². The van der Waals surface area contributed by atoms with Crippen LogP contribution in [0.5, 0.6) is 5.88 Å². The van der Waals surface area contributed by atoms with Crippen LogP contribution in [0.2, 0.25) is 0 Å². The van der Waals surface area contributed by atoms with Gasteiger partial charge in [0, 0.05) is 35.7 Å². The number of nitrogens with zero attached hydrogens (tertiary/aromatic N) is 2. The first-order valence-corrected chi connectivity index (χ1v) is 9.78. The van der Waals surface area contributed by atoms with E-state index in [9.17, 15) is 9.59 Å². The van der Waals surface area contributed by atoms with E-state index in [2.05, 4.69) is 26.2 Å². The Morgan fingerprint density at radius 1 is 1.33 bits per heavy atom. The standard InChI is InChI=1S/C20H22BrN3O3/c1-2-10-27-20-14(6-5-9-22-20)12-23-19(26)15-11-18(25)24(13-15)17-8-4-3-7-16(17)21/h3-9,15H,2,10-13H2,1H3,(H,23,26)/t15-/m1/s1. The first-order valence-electron chi connectivity index (χ1n) is 8.99. The normalized spacial score (nSPS) is 16.4. The summed E-state index contributed by atoms with van der Waals surface area (Å²) in [5.41, 5.74) is 1.62. The van der Waals surface area contributed by atoms with Crippen LogP contribution in [-0.2, 0) is 16.1 Å². The highest BCUT2D eigenvalue weighted by Crippen LogP contribution is 2.31. The number of carbonyl (C=O) groups excluding carboxylic acids is 2. The number of ether oxygens (including phenoxy) is 1. The zero-order valence-electron chi connectivity index (χ0n) is 15.2. The molecule has 3 rings (SSSR count). The van der Waals surface area contributed by atoms with Crippen LogP contribution in [0.1, 0.15) is 25.3 Å². The molecule has 7 heteroatoms. The highest BCUT2D eigenvalue weighted by Gasteiger charge is 2.35. The molecule has 0 aliphatic carbocycles. The van der Waals surface area contributed by atoms with Crippen molar-refractivity contribution in [3.05, 3.63) is 52.6 Å². The smallest absolute Gasteiger partial charge is 0.227 e. The van der Waals surface area contributed by atoms with E-state index in [4.69, 9.17) is 4.74 Å². The molecule has 142 valence electrons. The zero-order valence-corrected chi connectivity index (χ0v) is 16.7. The Kier molecular flexibility index (Phi) is 6.45. The fraction of sp³-hybridized carbons (Fsp3) is 0.350. The molecule has 0 unspecified atom stereocenters. The van der Waals surface area contributed by atoms with Crippen LogP contribution in [0.15, 0.2) is 47.1 Å². The number of para-hydroxylation sites is 1. The molecule has 2 aromatic rings. The number of hydrogen-bond donors (Lipinski definition) is 1. The largest absolute Gasteiger partial charge is 0.477 e. The van der Waals surface area contributed by atoms with E-state index in [1.54, 1.807) is 11.1 Å². The maximum Gasteiger partial charge on any atom is 0.227 e. The van der Waals surface area contributed by atoms with Crippen LogP contribution in [0.4, 0.5) is 5.69 Å². The molecule has 1 aliphatic heterocycles. The van der Waals surface area contributed by atoms with Gasteiger partial charge in [0.15, 0.2) is 0 Å². The Labute approximate surface area is 167 Å². The van der Waals surface area contributed by atoms with Crippen LogP contribution in [0, 0.1) is 5.92 Å². The average molecular weight is 432 g/mol. The maximum absolute atomic E-state index is 12.6. The van der Waals surface area contributed by atoms with E-state index in [0.29, 0.717) is 25.6 Å². The summed E-state index contributed by atoms with van der Waals surface area (Å²) < 4.78 is 6.46. The van der Waals surface area contributed by atoms with Gasteiger partial charge in [-0.3, -0.25) is 9.59 Å². The number of hydrogen-bond acceptors (Lipinski definition) is 4. The van der Waals surface area contributed by atoms with E-state index < -0.39 is 0 Å². The molecule has 1 aliphatic rings. The third-order valence-corrected chi connectivity index (χ3v) is 5.06. The lowest BCUT2D eigenvalue weighted by atomic mass is 10.1. The van der Waals surface area contributed by atoms with Gasteiger partial charge in [0.25, 0.3) is 0 Å². The summed E-state index contributed by atoms with van der Waals surface area (Å²) in [5.74, 6) is -0.0168. The van der Waals surface area contributed by atoms with Crippen LogP contribution in [-0.4, -0.2) is 29.9 Å². The van der Waals surface area contributed by atoms with E-state index in [1.807, 2.05) is 43.3 Å². The van der Waals surface area contributed by atoms with Crippen molar-refractivity contribution in [2.45, 2.75) is 26.3 Å². The van der Waals surface area contributed by atoms with Crippen molar-refractivity contribution in [2.24, 2.45) is 5.92 Å². The first-order chi connectivity index (χ1) is 13.1. The second-order valence-corrected chi connectivity index (χ2v) is 7.25. The summed E-state index contributed by atoms with van der Waals surface area (Å²) in [4.78, 5) is 30.9. The lowest BCUT2D eigenvalue weighted by Gasteiger charge is -2.18. The number of pyridine rings is 1. The molecule has 1 aromatic carbocycles. The fourth-order valence-corrected chi connectivity index (χ4v) is 3.50. The van der Waals surface area contributed by atoms with Crippen molar-refractivity contribution in [1.82, 2.24) is 10.3 Å². The number of amides is 2. The molecule has 1 aromatic heterocycles. The van der Waals surface area contributed by atoms with Crippen LogP contribution < -0.4 is 15.0 Å². The van der Waals surface area contributed by atoms with E-state index in [1.165, 1.54) is 0 Å². The molecular weight excluding hydrogens is 410 g/mol. The first kappa shape index (κ1) is 19.4. The lowest BCUT2D eigenvalue weighted by molar-refractivity contribution is -0.126. The molecule has 2 heterocycles. The van der Waals surface area contributed by atoms with Crippen molar-refractivity contribution in [3.8, 4) is 5.88 Å². The van der Waals surface area contributed by atoms with Crippen molar-refractivity contribution < 1.29 is 14.3 Å². The summed E-state index contributed by atoms with van der Waals surface area (Å²) >= 11 is 3.47. The molecule has 0 saturated carbocycles. The van der Waals surface area contributed by atoms with E-state index in [0.717, 1.165) is 22.1 Å². The predicted molar refractivity (Wildman–Crippen MR) is 106 cm³/mol. The van der Waals surface area contributed by atoms with Gasteiger partial charge in [0.2, 0.25) is 17.7 Å². The SMILES string of the molecule is CCCOc1ncccc1CNC(=O)[C@@H]1CC(=O)N(c2ccccc2Br)C1. The molecular formula is C20H22BrN3O3. The predicted octanol–water partition coefficient (Wildman–Crippen LogP) is 3.30. The molecule has 1 atom stereocenters. The molecule has 0 bridgehead atoms. The monoisotopic (exact) mass is 431 g/mol. The van der Waals surface area contributed by atoms with Gasteiger partial charge in [-0.25, -0.2) is 4.98 Å². The summed E-state index contributed by atoms with van der Waals surface area (Å²) in [5, 5.41) is 2.92. The second kappa shape index (κ2) is 8.99. The van der Waals surface area contributed by atoms with E-state index >= 15 is 0 Å². The Morgan fingerprint density at radius 2 is 2.15 bits per heavy atom. The number of anilines is 1. The summed E-state index contributed by atoms with van der Waals surface area (Å²) in [7, 11) is 0. The van der Waals surface area contributed by atoms with Gasteiger partial charge in [-0.1, -0.05) is 25.1 Å². The molecule has 6 nitrogen and oxygen atoms in total. The van der Waals surface area contributed by atoms with Gasteiger partial charge in [0.05, 0.1) is 18.2 Å². The highest BCUT2D eigenvalue weighted by atomic mass is 79.9. The lowest BCUT2D eigenvalue weighted by Crippen LogP contribution is -2.32. The summed E-state index contributed by atoms with van der Waals surface area (Å²) in [6.45, 7) is 3.30. The number of nitrogens with one attached hydrogen (secondary N) is 1. The number of carbonyl (C=O) groups is 2. The van der Waals surface area contributed by atoms with Gasteiger partial charge in [-0.05, 0) is 40.5 Å². The minimum absolute atomic E-state index is 0.0459. The highest BCUT2D eigenvalue weighted by molar-refractivity contribution is 9.10. The third-order valence-electron chi connectivity index (χ3n) is 4.39. The van der Waals surface area contributed by atoms with Gasteiger partial charge in [-0.2, -0.15) is 0 Å². The van der Waals surface area contributed by atoms with Crippen LogP contribution in [0.3, 0.4) is 0 Å². The Balaban J connectivity index is 1.61. The minimum Gasteiger partial charge on any atom is -0.477 e.